The highest BCUT2D eigenvalue weighted by Crippen LogP contribution is 2.31. The summed E-state index contributed by atoms with van der Waals surface area (Å²) in [7, 11) is 0. The van der Waals surface area contributed by atoms with Gasteiger partial charge in [-0.2, -0.15) is 0 Å². The van der Waals surface area contributed by atoms with Crippen molar-refractivity contribution in [3.63, 3.8) is 0 Å². The summed E-state index contributed by atoms with van der Waals surface area (Å²) in [5.41, 5.74) is 4.00. The van der Waals surface area contributed by atoms with Crippen LogP contribution in [0.25, 0.3) is 10.4 Å². The molecule has 25 heteroatoms. The van der Waals surface area contributed by atoms with Crippen LogP contribution in [-0.2, 0) is 54.1 Å². The van der Waals surface area contributed by atoms with Crippen LogP contribution in [0.1, 0.15) is 57.7 Å². The van der Waals surface area contributed by atoms with E-state index in [-0.39, 0.29) is 95.6 Å². The molecule has 0 saturated carbocycles. The number of β-amino-alcohol motifs (C(OH)–C–C–N with tert-alkyl or cyclic N) is 1. The fraction of sp³-hybridized carbons (Fsp3) is 0.609. The number of nitrogens with zero attached hydrogens (tertiary/aromatic N) is 4. The standard InChI is InChI=1S/C46H66Cl3N9O12S/c1-31-38(71-30-54-31)33-9-7-32(8-10-33)28-53-40(62)35-27-34(59)29-58(35)41(63)39(45(2,3)4)55-37(61)12-18-66-20-22-68-24-26-69-25-23-67-21-19-65-17-11-36(60)50-15-6-16-70-44(64)57-42(46(47,48)49)56-43-51-13-5-14-52-43/h5,7-10,13-14,30,34-35,39,42,59H,6,11-12,15-29H2,1-4H3,(H,50,60)(H,53,62)(H,55,61)(H,57,64)(H,51,52,56)/t34-,35+,39?,42?/m1/s1. The summed E-state index contributed by atoms with van der Waals surface area (Å²) in [5.74, 6) is -1.28. The Morgan fingerprint density at radius 1 is 0.789 bits per heavy atom. The predicted molar refractivity (Wildman–Crippen MR) is 267 cm³/mol. The van der Waals surface area contributed by atoms with Crippen molar-refractivity contribution in [3.05, 3.63) is 59.5 Å². The van der Waals surface area contributed by atoms with Crippen molar-refractivity contribution in [2.75, 3.05) is 91.1 Å². The zero-order valence-corrected chi connectivity index (χ0v) is 43.5. The first kappa shape index (κ1) is 59.1. The number of amides is 5. The molecule has 0 radical (unpaired) electrons. The molecule has 0 spiro atoms. The molecule has 4 rings (SSSR count). The third-order valence-corrected chi connectivity index (χ3v) is 12.1. The number of thiazole rings is 1. The molecule has 0 bridgehead atoms. The van der Waals surface area contributed by atoms with E-state index in [1.54, 1.807) is 22.9 Å². The Labute approximate surface area is 433 Å². The second-order valence-corrected chi connectivity index (χ2v) is 20.4. The van der Waals surface area contributed by atoms with Gasteiger partial charge in [0.25, 0.3) is 0 Å². The predicted octanol–water partition coefficient (Wildman–Crippen LogP) is 3.92. The van der Waals surface area contributed by atoms with Crippen LogP contribution in [0.4, 0.5) is 10.7 Å². The van der Waals surface area contributed by atoms with Crippen LogP contribution >= 0.6 is 46.1 Å². The molecule has 2 aromatic heterocycles. The number of aromatic nitrogens is 3. The van der Waals surface area contributed by atoms with Gasteiger partial charge >= 0.3 is 6.09 Å². The number of alkyl halides is 3. The number of ether oxygens (including phenoxy) is 6. The van der Waals surface area contributed by atoms with Crippen LogP contribution in [0.3, 0.4) is 0 Å². The third-order valence-electron chi connectivity index (χ3n) is 10.5. The minimum atomic E-state index is -1.93. The van der Waals surface area contributed by atoms with Crippen molar-refractivity contribution in [1.82, 2.24) is 41.1 Å². The smallest absolute Gasteiger partial charge is 0.408 e. The largest absolute Gasteiger partial charge is 0.449 e. The summed E-state index contributed by atoms with van der Waals surface area (Å²) < 4.78 is 30.7. The van der Waals surface area contributed by atoms with Crippen molar-refractivity contribution in [3.8, 4) is 10.4 Å². The number of benzene rings is 1. The lowest BCUT2D eigenvalue weighted by Gasteiger charge is -2.35. The van der Waals surface area contributed by atoms with E-state index in [4.69, 9.17) is 63.2 Å². The lowest BCUT2D eigenvalue weighted by atomic mass is 9.85. The van der Waals surface area contributed by atoms with Gasteiger partial charge < -0.3 is 59.7 Å². The molecule has 71 heavy (non-hydrogen) atoms. The summed E-state index contributed by atoms with van der Waals surface area (Å²) >= 11 is 19.4. The molecule has 1 aliphatic rings. The van der Waals surface area contributed by atoms with E-state index in [9.17, 15) is 29.1 Å². The lowest BCUT2D eigenvalue weighted by molar-refractivity contribution is -0.144. The maximum Gasteiger partial charge on any atom is 0.408 e. The Hall–Kier alpha value is -4.49. The van der Waals surface area contributed by atoms with E-state index in [0.29, 0.717) is 46.1 Å². The number of rotatable bonds is 31. The first-order chi connectivity index (χ1) is 33.9. The van der Waals surface area contributed by atoms with Crippen molar-refractivity contribution in [2.45, 2.75) is 88.1 Å². The second kappa shape index (κ2) is 31.2. The molecule has 2 unspecified atom stereocenters. The van der Waals surface area contributed by atoms with Gasteiger partial charge in [0.2, 0.25) is 33.4 Å². The molecule has 3 heterocycles. The van der Waals surface area contributed by atoms with Gasteiger partial charge in [-0.3, -0.25) is 24.5 Å². The van der Waals surface area contributed by atoms with E-state index >= 15 is 0 Å². The molecule has 1 saturated heterocycles. The van der Waals surface area contributed by atoms with Crippen molar-refractivity contribution in [2.24, 2.45) is 5.41 Å². The van der Waals surface area contributed by atoms with Gasteiger partial charge in [-0.05, 0) is 36.0 Å². The van der Waals surface area contributed by atoms with Crippen molar-refractivity contribution in [1.29, 1.82) is 0 Å². The maximum atomic E-state index is 13.9. The number of hydrogen-bond donors (Lipinski definition) is 6. The number of hydrogen-bond acceptors (Lipinski definition) is 17. The number of carbonyl (C=O) groups is 5. The average molecular weight is 1080 g/mol. The topological polar surface area (TPSA) is 263 Å². The summed E-state index contributed by atoms with van der Waals surface area (Å²) in [5, 5.41) is 24.1. The fourth-order valence-corrected chi connectivity index (χ4v) is 7.88. The quantitative estimate of drug-likeness (QED) is 0.0303. The van der Waals surface area contributed by atoms with Crippen LogP contribution in [0.15, 0.2) is 48.2 Å². The van der Waals surface area contributed by atoms with Crippen LogP contribution in [0.5, 0.6) is 0 Å². The number of anilines is 1. The number of halogens is 3. The molecule has 5 amide bonds. The number of aryl methyl sites for hydroxylation is 1. The van der Waals surface area contributed by atoms with Gasteiger partial charge in [0.15, 0.2) is 6.17 Å². The normalized spacial score (nSPS) is 15.7. The molecule has 1 fully saturated rings. The van der Waals surface area contributed by atoms with Gasteiger partial charge in [-0.1, -0.05) is 79.8 Å². The Bertz CT molecular complexity index is 2080. The number of nitrogens with one attached hydrogen (secondary N) is 5. The van der Waals surface area contributed by atoms with Crippen LogP contribution in [0.2, 0.25) is 0 Å². The fourth-order valence-electron chi connectivity index (χ4n) is 6.74. The highest BCUT2D eigenvalue weighted by molar-refractivity contribution is 7.13. The number of aliphatic hydroxyl groups excluding tert-OH is 1. The van der Waals surface area contributed by atoms with E-state index in [1.165, 1.54) is 17.3 Å². The Kier molecular flexibility index (Phi) is 25.9. The molecule has 394 valence electrons. The van der Waals surface area contributed by atoms with Gasteiger partial charge in [0, 0.05) is 51.3 Å². The van der Waals surface area contributed by atoms with Crippen LogP contribution in [-0.4, -0.2) is 169 Å². The third kappa shape index (κ3) is 22.4. The summed E-state index contributed by atoms with van der Waals surface area (Å²) in [6, 6.07) is 7.61. The zero-order chi connectivity index (χ0) is 51.7. The molecular weight excluding hydrogens is 1010 g/mol. The average Bonchev–Trinajstić information content (AvgIpc) is 3.95. The SMILES string of the molecule is Cc1ncsc1-c1ccc(CNC(=O)[C@@H]2C[C@@H](O)CN2C(=O)C(NC(=O)CCOCCOCCOCCOCCOCCC(=O)NCCCOC(=O)NC(Nc2ncccn2)C(Cl)(Cl)Cl)C(C)(C)C)cc1. The zero-order valence-electron chi connectivity index (χ0n) is 40.4. The Balaban J connectivity index is 0.953. The minimum absolute atomic E-state index is 0.00392. The van der Waals surface area contributed by atoms with E-state index in [1.807, 2.05) is 52.0 Å². The van der Waals surface area contributed by atoms with E-state index in [0.717, 1.165) is 21.7 Å². The highest BCUT2D eigenvalue weighted by atomic mass is 35.6. The number of aliphatic hydroxyl groups is 1. The molecule has 3 aromatic rings. The maximum absolute atomic E-state index is 13.9. The highest BCUT2D eigenvalue weighted by Gasteiger charge is 2.44. The van der Waals surface area contributed by atoms with Gasteiger partial charge in [-0.15, -0.1) is 11.3 Å². The van der Waals surface area contributed by atoms with Crippen LogP contribution in [0, 0.1) is 12.3 Å². The summed E-state index contributed by atoms with van der Waals surface area (Å²) in [6.07, 6.45) is 0.665. The van der Waals surface area contributed by atoms with E-state index < -0.39 is 45.6 Å². The van der Waals surface area contributed by atoms with Crippen molar-refractivity contribution < 1.29 is 57.5 Å². The molecule has 1 aliphatic heterocycles. The van der Waals surface area contributed by atoms with Crippen LogP contribution < -0.4 is 26.6 Å². The first-order valence-corrected chi connectivity index (χ1v) is 25.2. The summed E-state index contributed by atoms with van der Waals surface area (Å²) in [4.78, 5) is 79.2. The van der Waals surface area contributed by atoms with Gasteiger partial charge in [0.05, 0.1) is 94.9 Å². The number of carbonyl (C=O) groups excluding carboxylic acids is 5. The Morgan fingerprint density at radius 2 is 1.37 bits per heavy atom. The molecule has 1 aromatic carbocycles. The van der Waals surface area contributed by atoms with Crippen molar-refractivity contribution >= 4 is 81.8 Å². The molecule has 21 nitrogen and oxygen atoms in total. The molecule has 4 atom stereocenters. The van der Waals surface area contributed by atoms with Gasteiger partial charge in [0.1, 0.15) is 12.1 Å². The van der Waals surface area contributed by atoms with Gasteiger partial charge in [-0.25, -0.2) is 19.7 Å². The van der Waals surface area contributed by atoms with E-state index in [2.05, 4.69) is 41.5 Å². The number of likely N-dealkylation sites (tertiary alicyclic amines) is 1. The monoisotopic (exact) mass is 1070 g/mol. The molecule has 6 N–H and O–H groups in total. The molecular formula is C46H66Cl3N9O12S. The second-order valence-electron chi connectivity index (χ2n) is 17.2. The minimum Gasteiger partial charge on any atom is -0.449 e. The first-order valence-electron chi connectivity index (χ1n) is 23.2. The summed E-state index contributed by atoms with van der Waals surface area (Å²) in [6.45, 7) is 10.8. The lowest BCUT2D eigenvalue weighted by Crippen LogP contribution is -2.57. The molecule has 0 aliphatic carbocycles. The Morgan fingerprint density at radius 3 is 1.92 bits per heavy atom. The number of alkyl carbamates (subject to hydrolysis) is 1.